The van der Waals surface area contributed by atoms with E-state index >= 15 is 0 Å². The largest absolute Gasteiger partial charge is 0.390 e. The molecule has 3 heterocycles. The average Bonchev–Trinajstić information content (AvgIpc) is 3.09. The molecule has 17 nitrogen and oxygen atoms in total. The van der Waals surface area contributed by atoms with E-state index in [4.69, 9.17) is 18.9 Å². The summed E-state index contributed by atoms with van der Waals surface area (Å²) in [7, 11) is 1.54. The van der Waals surface area contributed by atoms with Gasteiger partial charge in [-0.25, -0.2) is 0 Å². The number of aliphatic hydroxyl groups is 5. The normalized spacial score (nSPS) is 34.9. The molecule has 4 amide bonds. The summed E-state index contributed by atoms with van der Waals surface area (Å²) in [4.78, 5) is 52.6. The SMILES string of the molecule is C=C[C@H]1[C@@H](O)[C@H](O)[C@H](OCCNC(=O)[C@@H]2C[C@H](C(=O)NCCO[C@@H]3O[C@@H](C)[C@@H](O)[C@@H](O)[C@@H]3O)CN(C(=O)CCCCC(=O)NC)C2)O[C@H]1C. The first kappa shape index (κ1) is 40.7. The van der Waals surface area contributed by atoms with Crippen molar-refractivity contribution < 1.29 is 63.7 Å². The van der Waals surface area contributed by atoms with Crippen LogP contribution in [-0.4, -0.2) is 156 Å². The molecule has 280 valence electrons. The van der Waals surface area contributed by atoms with Crippen molar-refractivity contribution in [3.05, 3.63) is 12.7 Å². The molecule has 3 saturated heterocycles. The predicted molar refractivity (Wildman–Crippen MR) is 171 cm³/mol. The monoisotopic (exact) mass is 702 g/mol. The van der Waals surface area contributed by atoms with Gasteiger partial charge in [0.2, 0.25) is 23.6 Å². The first-order chi connectivity index (χ1) is 23.3. The zero-order valence-corrected chi connectivity index (χ0v) is 28.4. The predicted octanol–water partition coefficient (Wildman–Crippen LogP) is -2.88. The number of nitrogens with one attached hydrogen (secondary N) is 3. The van der Waals surface area contributed by atoms with Crippen molar-refractivity contribution in [3.8, 4) is 0 Å². The molecule has 12 atom stereocenters. The van der Waals surface area contributed by atoms with E-state index in [1.54, 1.807) is 6.92 Å². The molecule has 3 aliphatic heterocycles. The van der Waals surface area contributed by atoms with E-state index in [1.807, 2.05) is 0 Å². The second kappa shape index (κ2) is 19.6. The number of hydrogen-bond acceptors (Lipinski definition) is 13. The lowest BCUT2D eigenvalue weighted by molar-refractivity contribution is -0.292. The molecule has 3 aliphatic rings. The Morgan fingerprint density at radius 2 is 1.29 bits per heavy atom. The fourth-order valence-corrected chi connectivity index (χ4v) is 6.18. The first-order valence-electron chi connectivity index (χ1n) is 16.9. The number of carbonyl (C=O) groups is 4. The zero-order chi connectivity index (χ0) is 36.2. The summed E-state index contributed by atoms with van der Waals surface area (Å²) in [5, 5.41) is 58.6. The lowest BCUT2D eigenvalue weighted by atomic mass is 9.87. The van der Waals surface area contributed by atoms with Gasteiger partial charge in [0.15, 0.2) is 12.6 Å². The van der Waals surface area contributed by atoms with Crippen LogP contribution in [0.25, 0.3) is 0 Å². The van der Waals surface area contributed by atoms with Gasteiger partial charge in [-0.1, -0.05) is 6.08 Å². The lowest BCUT2D eigenvalue weighted by Gasteiger charge is -2.40. The fraction of sp³-hybridized carbons (Fsp3) is 0.812. The third-order valence-corrected chi connectivity index (χ3v) is 9.23. The number of nitrogens with zero attached hydrogens (tertiary/aromatic N) is 1. The van der Waals surface area contributed by atoms with Gasteiger partial charge in [0.05, 0.1) is 43.4 Å². The van der Waals surface area contributed by atoms with E-state index in [0.29, 0.717) is 12.8 Å². The summed E-state index contributed by atoms with van der Waals surface area (Å²) in [5.74, 6) is -3.10. The second-order valence-corrected chi connectivity index (χ2v) is 12.8. The molecule has 0 aromatic rings. The molecule has 0 bridgehead atoms. The third-order valence-electron chi connectivity index (χ3n) is 9.23. The molecule has 49 heavy (non-hydrogen) atoms. The Morgan fingerprint density at radius 3 is 1.82 bits per heavy atom. The van der Waals surface area contributed by atoms with Gasteiger partial charge < -0.3 is 65.3 Å². The maximum Gasteiger partial charge on any atom is 0.225 e. The molecule has 0 radical (unpaired) electrons. The maximum atomic E-state index is 13.2. The van der Waals surface area contributed by atoms with E-state index in [-0.39, 0.29) is 70.5 Å². The molecule has 3 fully saturated rings. The quantitative estimate of drug-likeness (QED) is 0.0596. The van der Waals surface area contributed by atoms with E-state index in [9.17, 15) is 44.7 Å². The van der Waals surface area contributed by atoms with Crippen LogP contribution < -0.4 is 16.0 Å². The van der Waals surface area contributed by atoms with Crippen molar-refractivity contribution in [1.82, 2.24) is 20.9 Å². The van der Waals surface area contributed by atoms with Crippen molar-refractivity contribution >= 4 is 23.6 Å². The molecule has 0 saturated carbocycles. The second-order valence-electron chi connectivity index (χ2n) is 12.8. The Labute approximate surface area is 286 Å². The summed E-state index contributed by atoms with van der Waals surface area (Å²) < 4.78 is 22.1. The zero-order valence-electron chi connectivity index (χ0n) is 28.4. The number of hydrogen-bond donors (Lipinski definition) is 8. The number of amides is 4. The number of piperidine rings is 1. The smallest absolute Gasteiger partial charge is 0.225 e. The van der Waals surface area contributed by atoms with E-state index in [2.05, 4.69) is 22.5 Å². The van der Waals surface area contributed by atoms with Gasteiger partial charge in [-0.15, -0.1) is 6.58 Å². The van der Waals surface area contributed by atoms with Gasteiger partial charge in [0, 0.05) is 52.0 Å². The third kappa shape index (κ3) is 11.4. The average molecular weight is 703 g/mol. The van der Waals surface area contributed by atoms with Crippen LogP contribution in [0.2, 0.25) is 0 Å². The molecule has 0 aromatic carbocycles. The number of unbranched alkanes of at least 4 members (excludes halogenated alkanes) is 1. The van der Waals surface area contributed by atoms with Gasteiger partial charge >= 0.3 is 0 Å². The summed E-state index contributed by atoms with van der Waals surface area (Å²) in [6.45, 7) is 7.00. The van der Waals surface area contributed by atoms with Gasteiger partial charge in [-0.2, -0.15) is 0 Å². The Bertz CT molecular complexity index is 1110. The molecule has 0 spiro atoms. The highest BCUT2D eigenvalue weighted by molar-refractivity contribution is 5.85. The molecule has 8 N–H and O–H groups in total. The molecule has 0 unspecified atom stereocenters. The Morgan fingerprint density at radius 1 is 0.776 bits per heavy atom. The topological polar surface area (TPSA) is 246 Å². The first-order valence-corrected chi connectivity index (χ1v) is 16.9. The molecule has 17 heteroatoms. The van der Waals surface area contributed by atoms with Crippen LogP contribution in [0.15, 0.2) is 12.7 Å². The Hall–Kier alpha value is -2.74. The van der Waals surface area contributed by atoms with Crippen LogP contribution in [0.5, 0.6) is 0 Å². The highest BCUT2D eigenvalue weighted by atomic mass is 16.7. The molecule has 0 aromatic heterocycles. The number of carbonyl (C=O) groups excluding carboxylic acids is 4. The summed E-state index contributed by atoms with van der Waals surface area (Å²) in [5.41, 5.74) is 0. The number of rotatable bonds is 16. The van der Waals surface area contributed by atoms with Crippen molar-refractivity contribution in [2.45, 2.75) is 101 Å². The van der Waals surface area contributed by atoms with E-state index in [1.165, 1.54) is 24.9 Å². The standard InChI is InChI=1S/C32H54N4O13/c1-5-21-17(2)48-31(27(42)25(21)40)46-12-10-34-29(44)19-14-20(16-36(15-19)23(38)9-7-6-8-22(37)33-4)30(45)35-11-13-47-32-28(43)26(41)24(39)18(3)49-32/h5,17-21,24-28,31-32,39-43H,1,6-16H2,2-4H3,(H,33,37)(H,34,44)(H,35,45)/t17-,18-,19+,20-,21+,24+,25+,26+,27-,28-,31+,32+/m0/s1. The van der Waals surface area contributed by atoms with E-state index in [0.717, 1.165) is 0 Å². The highest BCUT2D eigenvalue weighted by Gasteiger charge is 2.43. The van der Waals surface area contributed by atoms with E-state index < -0.39 is 84.9 Å². The summed E-state index contributed by atoms with van der Waals surface area (Å²) in [6, 6.07) is 0. The number of likely N-dealkylation sites (tertiary alicyclic amines) is 1. The fourth-order valence-electron chi connectivity index (χ4n) is 6.18. The maximum absolute atomic E-state index is 13.2. The van der Waals surface area contributed by atoms with Crippen LogP contribution >= 0.6 is 0 Å². The van der Waals surface area contributed by atoms with Gasteiger partial charge in [0.1, 0.15) is 24.4 Å². The number of ether oxygens (including phenoxy) is 4. The van der Waals surface area contributed by atoms with Gasteiger partial charge in [-0.05, 0) is 33.1 Å². The minimum absolute atomic E-state index is 0.00648. The van der Waals surface area contributed by atoms with Crippen LogP contribution in [-0.2, 0) is 38.1 Å². The Balaban J connectivity index is 1.53. The van der Waals surface area contributed by atoms with Crippen LogP contribution in [0.4, 0.5) is 0 Å². The molecule has 0 aliphatic carbocycles. The van der Waals surface area contributed by atoms with Crippen LogP contribution in [0.1, 0.15) is 46.0 Å². The van der Waals surface area contributed by atoms with Crippen molar-refractivity contribution in [2.24, 2.45) is 17.8 Å². The van der Waals surface area contributed by atoms with Crippen molar-refractivity contribution in [3.63, 3.8) is 0 Å². The summed E-state index contributed by atoms with van der Waals surface area (Å²) in [6.07, 6.45) is -7.14. The lowest BCUT2D eigenvalue weighted by Crippen LogP contribution is -2.57. The minimum atomic E-state index is -1.49. The molecular weight excluding hydrogens is 648 g/mol. The van der Waals surface area contributed by atoms with Crippen LogP contribution in [0, 0.1) is 17.8 Å². The van der Waals surface area contributed by atoms with Gasteiger partial charge in [0.25, 0.3) is 0 Å². The number of aliphatic hydroxyl groups excluding tert-OH is 5. The van der Waals surface area contributed by atoms with Crippen molar-refractivity contribution in [1.29, 1.82) is 0 Å². The van der Waals surface area contributed by atoms with Crippen molar-refractivity contribution in [2.75, 3.05) is 46.4 Å². The summed E-state index contributed by atoms with van der Waals surface area (Å²) >= 11 is 0. The Kier molecular flexibility index (Phi) is 16.3. The van der Waals surface area contributed by atoms with Gasteiger partial charge in [-0.3, -0.25) is 19.2 Å². The highest BCUT2D eigenvalue weighted by Crippen LogP contribution is 2.28. The van der Waals surface area contributed by atoms with Crippen LogP contribution in [0.3, 0.4) is 0 Å². The molecule has 3 rings (SSSR count). The molecular formula is C32H54N4O13. The minimum Gasteiger partial charge on any atom is -0.390 e.